The number of aliphatic imine (C=N–C) groups is 1. The van der Waals surface area contributed by atoms with Gasteiger partial charge in [0.25, 0.3) is 0 Å². The Balaban J connectivity index is 0.00000225. The minimum absolute atomic E-state index is 0. The molecule has 1 aliphatic carbocycles. The van der Waals surface area contributed by atoms with Crippen LogP contribution in [0.15, 0.2) is 46.8 Å². The summed E-state index contributed by atoms with van der Waals surface area (Å²) in [5.74, 6) is 0.873. The molecule has 3 rings (SSSR count). The van der Waals surface area contributed by atoms with E-state index in [4.69, 9.17) is 4.98 Å². The number of thiazole rings is 1. The Morgan fingerprint density at radius 3 is 2.64 bits per heavy atom. The fourth-order valence-corrected chi connectivity index (χ4v) is 3.54. The number of benzene rings is 1. The molecule has 4 nitrogen and oxygen atoms in total. The Labute approximate surface area is 170 Å². The number of hydrogen-bond donors (Lipinski definition) is 2. The van der Waals surface area contributed by atoms with Crippen LogP contribution in [-0.2, 0) is 6.42 Å². The van der Waals surface area contributed by atoms with E-state index in [9.17, 15) is 0 Å². The Kier molecular flexibility index (Phi) is 7.90. The number of halogens is 1. The Morgan fingerprint density at radius 1 is 1.24 bits per heavy atom. The van der Waals surface area contributed by atoms with Gasteiger partial charge in [-0.3, -0.25) is 4.99 Å². The zero-order valence-corrected chi connectivity index (χ0v) is 17.8. The van der Waals surface area contributed by atoms with Gasteiger partial charge in [-0.25, -0.2) is 4.98 Å². The lowest BCUT2D eigenvalue weighted by atomic mass is 10.2. The molecular weight excluding hydrogens is 443 g/mol. The van der Waals surface area contributed by atoms with Gasteiger partial charge < -0.3 is 10.6 Å². The van der Waals surface area contributed by atoms with Crippen LogP contribution in [-0.4, -0.2) is 30.6 Å². The first-order valence-corrected chi connectivity index (χ1v) is 9.26. The second-order valence-corrected chi connectivity index (χ2v) is 6.90. The van der Waals surface area contributed by atoms with Crippen LogP contribution < -0.4 is 10.6 Å². The average molecular weight is 468 g/mol. The average Bonchev–Trinajstić information content (AvgIpc) is 3.26. The molecule has 134 valence electrons. The summed E-state index contributed by atoms with van der Waals surface area (Å²) < 4.78 is 0. The van der Waals surface area contributed by atoms with Crippen LogP contribution in [0.3, 0.4) is 0 Å². The van der Waals surface area contributed by atoms with E-state index >= 15 is 0 Å². The van der Waals surface area contributed by atoms with E-state index in [1.807, 2.05) is 7.05 Å². The molecule has 2 N–H and O–H groups in total. The van der Waals surface area contributed by atoms with Gasteiger partial charge in [0.15, 0.2) is 5.96 Å². The van der Waals surface area contributed by atoms with E-state index in [0.717, 1.165) is 42.5 Å². The third-order valence-electron chi connectivity index (χ3n) is 4.10. The first-order chi connectivity index (χ1) is 11.7. The van der Waals surface area contributed by atoms with Gasteiger partial charge in [0.2, 0.25) is 0 Å². The van der Waals surface area contributed by atoms with Crippen molar-refractivity contribution in [3.05, 3.63) is 53.1 Å². The maximum Gasteiger partial charge on any atom is 0.191 e. The number of nitrogens with zero attached hydrogens (tertiary/aromatic N) is 2. The molecule has 1 heterocycles. The standard InChI is InChI=1S/C19H24N4S.HI/c1-14-7-9-15(10-8-14)18-22-17(13-24-18)11-12-21-19(20-2)23-16-5-3-4-6-16;/h3-4,7-10,13,16H,5-6,11-12H2,1-2H3,(H2,20,21,23);1H. The lowest BCUT2D eigenvalue weighted by Gasteiger charge is -2.16. The molecule has 0 bridgehead atoms. The molecule has 0 saturated carbocycles. The summed E-state index contributed by atoms with van der Waals surface area (Å²) in [6.45, 7) is 2.93. The maximum absolute atomic E-state index is 4.74. The van der Waals surface area contributed by atoms with E-state index < -0.39 is 0 Å². The predicted octanol–water partition coefficient (Wildman–Crippen LogP) is 4.16. The van der Waals surface area contributed by atoms with E-state index in [2.05, 4.69) is 64.3 Å². The van der Waals surface area contributed by atoms with Crippen LogP contribution >= 0.6 is 35.3 Å². The van der Waals surface area contributed by atoms with E-state index in [0.29, 0.717) is 6.04 Å². The Morgan fingerprint density at radius 2 is 1.96 bits per heavy atom. The zero-order chi connectivity index (χ0) is 16.8. The van der Waals surface area contributed by atoms with Crippen molar-refractivity contribution < 1.29 is 0 Å². The van der Waals surface area contributed by atoms with Crippen LogP contribution in [0, 0.1) is 6.92 Å². The van der Waals surface area contributed by atoms with Gasteiger partial charge >= 0.3 is 0 Å². The summed E-state index contributed by atoms with van der Waals surface area (Å²) in [7, 11) is 1.82. The Hall–Kier alpha value is -1.41. The predicted molar refractivity (Wildman–Crippen MR) is 118 cm³/mol. The minimum Gasteiger partial charge on any atom is -0.356 e. The van der Waals surface area contributed by atoms with E-state index in [1.165, 1.54) is 11.1 Å². The summed E-state index contributed by atoms with van der Waals surface area (Å²) in [5, 5.41) is 10.1. The summed E-state index contributed by atoms with van der Waals surface area (Å²) in [6.07, 6.45) is 7.48. The minimum atomic E-state index is 0. The molecule has 0 saturated heterocycles. The van der Waals surface area contributed by atoms with Gasteiger partial charge in [-0.2, -0.15) is 0 Å². The zero-order valence-electron chi connectivity index (χ0n) is 14.7. The van der Waals surface area contributed by atoms with Gasteiger partial charge in [-0.1, -0.05) is 42.0 Å². The SMILES string of the molecule is CN=C(NCCc1csc(-c2ccc(C)cc2)n1)NC1CC=CC1.I. The molecule has 0 amide bonds. The van der Waals surface area contributed by atoms with Crippen molar-refractivity contribution in [1.82, 2.24) is 15.6 Å². The molecule has 0 aliphatic heterocycles. The van der Waals surface area contributed by atoms with Crippen molar-refractivity contribution >= 4 is 41.3 Å². The van der Waals surface area contributed by atoms with Gasteiger partial charge in [-0.05, 0) is 19.8 Å². The summed E-state index contributed by atoms with van der Waals surface area (Å²) in [4.78, 5) is 9.04. The van der Waals surface area contributed by atoms with Crippen LogP contribution in [0.5, 0.6) is 0 Å². The highest BCUT2D eigenvalue weighted by atomic mass is 127. The molecule has 1 aromatic carbocycles. The molecule has 2 aromatic rings. The van der Waals surface area contributed by atoms with Crippen molar-refractivity contribution in [1.29, 1.82) is 0 Å². The molecule has 1 aromatic heterocycles. The number of nitrogens with one attached hydrogen (secondary N) is 2. The molecule has 25 heavy (non-hydrogen) atoms. The third kappa shape index (κ3) is 5.81. The fourth-order valence-electron chi connectivity index (χ4n) is 2.68. The monoisotopic (exact) mass is 468 g/mol. The summed E-state index contributed by atoms with van der Waals surface area (Å²) in [6, 6.07) is 9.01. The highest BCUT2D eigenvalue weighted by molar-refractivity contribution is 14.0. The third-order valence-corrected chi connectivity index (χ3v) is 5.04. The number of hydrogen-bond acceptors (Lipinski definition) is 3. The molecule has 1 aliphatic rings. The second kappa shape index (κ2) is 9.91. The highest BCUT2D eigenvalue weighted by Gasteiger charge is 2.11. The number of aryl methyl sites for hydroxylation is 1. The first kappa shape index (κ1) is 19.9. The number of guanidine groups is 1. The number of aromatic nitrogens is 1. The molecule has 0 spiro atoms. The normalized spacial score (nSPS) is 14.4. The lowest BCUT2D eigenvalue weighted by Crippen LogP contribution is -2.43. The largest absolute Gasteiger partial charge is 0.356 e. The smallest absolute Gasteiger partial charge is 0.191 e. The van der Waals surface area contributed by atoms with Crippen LogP contribution in [0.2, 0.25) is 0 Å². The maximum atomic E-state index is 4.74. The van der Waals surface area contributed by atoms with Gasteiger partial charge in [0.1, 0.15) is 5.01 Å². The van der Waals surface area contributed by atoms with Crippen molar-refractivity contribution in [3.8, 4) is 10.6 Å². The molecule has 0 atom stereocenters. The quantitative estimate of drug-likeness (QED) is 0.300. The molecule has 0 unspecified atom stereocenters. The molecule has 0 radical (unpaired) electrons. The van der Waals surface area contributed by atoms with Crippen molar-refractivity contribution in [2.45, 2.75) is 32.2 Å². The van der Waals surface area contributed by atoms with Gasteiger partial charge in [0, 0.05) is 37.0 Å². The Bertz CT molecular complexity index is 713. The molecule has 0 fully saturated rings. The molecular formula is C19H25IN4S. The van der Waals surface area contributed by atoms with E-state index in [-0.39, 0.29) is 24.0 Å². The van der Waals surface area contributed by atoms with Crippen molar-refractivity contribution in [3.63, 3.8) is 0 Å². The van der Waals surface area contributed by atoms with Gasteiger partial charge in [0.05, 0.1) is 5.69 Å². The highest BCUT2D eigenvalue weighted by Crippen LogP contribution is 2.24. The fraction of sp³-hybridized carbons (Fsp3) is 0.368. The summed E-state index contributed by atoms with van der Waals surface area (Å²) in [5.41, 5.74) is 3.59. The summed E-state index contributed by atoms with van der Waals surface area (Å²) >= 11 is 1.71. The second-order valence-electron chi connectivity index (χ2n) is 6.04. The van der Waals surface area contributed by atoms with Crippen LogP contribution in [0.25, 0.3) is 10.6 Å². The van der Waals surface area contributed by atoms with Crippen molar-refractivity contribution in [2.75, 3.05) is 13.6 Å². The first-order valence-electron chi connectivity index (χ1n) is 8.38. The van der Waals surface area contributed by atoms with E-state index in [1.54, 1.807) is 11.3 Å². The molecule has 6 heteroatoms. The number of rotatable bonds is 5. The van der Waals surface area contributed by atoms with Crippen molar-refractivity contribution in [2.24, 2.45) is 4.99 Å². The van der Waals surface area contributed by atoms with Crippen LogP contribution in [0.1, 0.15) is 24.1 Å². The van der Waals surface area contributed by atoms with Crippen LogP contribution in [0.4, 0.5) is 0 Å². The van der Waals surface area contributed by atoms with Gasteiger partial charge in [-0.15, -0.1) is 35.3 Å². The lowest BCUT2D eigenvalue weighted by molar-refractivity contribution is 0.632. The topological polar surface area (TPSA) is 49.3 Å².